The number of Topliss-reactive ketones (excluding diaryl/α,β-unsaturated/α-hetero) is 1. The highest BCUT2D eigenvalue weighted by molar-refractivity contribution is 6.02. The number of amides is 1. The molecule has 41 heavy (non-hydrogen) atoms. The molecule has 0 saturated heterocycles. The normalized spacial score (nSPS) is 37.7. The topological polar surface area (TPSA) is 120 Å². The van der Waals surface area contributed by atoms with E-state index >= 15 is 0 Å². The van der Waals surface area contributed by atoms with Gasteiger partial charge >= 0.3 is 0 Å². The minimum absolute atomic E-state index is 0.0182. The number of nitrogens with zero attached hydrogens (tertiary/aromatic N) is 2. The second kappa shape index (κ2) is 11.5. The van der Waals surface area contributed by atoms with Gasteiger partial charge in [-0.1, -0.05) is 72.2 Å². The van der Waals surface area contributed by atoms with Crippen molar-refractivity contribution in [3.63, 3.8) is 0 Å². The maximum atomic E-state index is 13.6. The molecule has 2 N–H and O–H groups in total. The van der Waals surface area contributed by atoms with E-state index in [0.717, 1.165) is 44.1 Å². The average molecular weight is 566 g/mol. The Labute approximate surface area is 246 Å². The molecule has 226 valence electrons. The number of carbonyl (C=O) groups excluding carboxylic acids is 3. The Balaban J connectivity index is 2.17. The van der Waals surface area contributed by atoms with Crippen molar-refractivity contribution >= 4 is 23.3 Å². The van der Waals surface area contributed by atoms with Crippen LogP contribution in [0.25, 0.3) is 0 Å². The standard InChI is InChI=1S/C34H51N3O4/c1-22-26-12-14-34(9)27(33(26,8)20-24(21-35)28(22)39)19-25(38)11-10-13-30(3,4)15-17-32(7,18-16-31(34,5)6)29(40)36-23(2)37-41/h19-20,22,26,41H,10-18H2,1-9H3,(H,36,37,40)/b27-19-/t22-,26-,32-,33-,34+/m0/s1. The molecular formula is C34H51N3O4. The lowest BCUT2D eigenvalue weighted by Crippen LogP contribution is -2.53. The third-order valence-electron chi connectivity index (χ3n) is 11.5. The van der Waals surface area contributed by atoms with Crippen molar-refractivity contribution < 1.29 is 19.6 Å². The van der Waals surface area contributed by atoms with E-state index in [-0.39, 0.29) is 51.5 Å². The van der Waals surface area contributed by atoms with Gasteiger partial charge in [-0.05, 0) is 86.5 Å². The number of hydrogen-bond donors (Lipinski definition) is 2. The van der Waals surface area contributed by atoms with Crippen LogP contribution >= 0.6 is 0 Å². The van der Waals surface area contributed by atoms with E-state index < -0.39 is 16.2 Å². The zero-order valence-electron chi connectivity index (χ0n) is 26.7. The summed E-state index contributed by atoms with van der Waals surface area (Å²) in [6.07, 6.45) is 10.3. The van der Waals surface area contributed by atoms with Crippen LogP contribution < -0.4 is 5.32 Å². The number of fused-ring (bicyclic) bond motifs is 3. The first kappa shape index (κ1) is 32.8. The van der Waals surface area contributed by atoms with Gasteiger partial charge in [-0.15, -0.1) is 0 Å². The second-order valence-corrected chi connectivity index (χ2v) is 15.2. The Hall–Kier alpha value is -2.75. The molecule has 5 atom stereocenters. The first-order chi connectivity index (χ1) is 18.9. The van der Waals surface area contributed by atoms with E-state index in [0.29, 0.717) is 19.3 Å². The molecule has 0 aromatic carbocycles. The van der Waals surface area contributed by atoms with Gasteiger partial charge < -0.3 is 10.5 Å². The molecule has 3 rings (SSSR count). The summed E-state index contributed by atoms with van der Waals surface area (Å²) >= 11 is 0. The van der Waals surface area contributed by atoms with Crippen molar-refractivity contribution in [3.05, 3.63) is 23.3 Å². The molecule has 7 nitrogen and oxygen atoms in total. The molecule has 0 bridgehead atoms. The summed E-state index contributed by atoms with van der Waals surface area (Å²) in [6, 6.07) is 2.15. The third-order valence-corrected chi connectivity index (χ3v) is 11.5. The molecule has 0 radical (unpaired) electrons. The van der Waals surface area contributed by atoms with Gasteiger partial charge in [0.15, 0.2) is 11.6 Å². The van der Waals surface area contributed by atoms with E-state index in [9.17, 15) is 24.9 Å². The minimum atomic E-state index is -0.679. The van der Waals surface area contributed by atoms with Crippen LogP contribution in [0.5, 0.6) is 0 Å². The smallest absolute Gasteiger partial charge is 0.231 e. The predicted molar refractivity (Wildman–Crippen MR) is 161 cm³/mol. The van der Waals surface area contributed by atoms with Crippen LogP contribution in [-0.2, 0) is 14.4 Å². The van der Waals surface area contributed by atoms with Crippen LogP contribution in [0.4, 0.5) is 0 Å². The van der Waals surface area contributed by atoms with Crippen molar-refractivity contribution in [1.82, 2.24) is 5.32 Å². The summed E-state index contributed by atoms with van der Waals surface area (Å²) in [6.45, 7) is 18.7. The molecule has 1 amide bonds. The lowest BCUT2D eigenvalue weighted by Gasteiger charge is -2.59. The average Bonchev–Trinajstić information content (AvgIpc) is 2.90. The maximum absolute atomic E-state index is 13.6. The summed E-state index contributed by atoms with van der Waals surface area (Å²) in [4.78, 5) is 40.2. The van der Waals surface area contributed by atoms with E-state index in [2.05, 4.69) is 58.1 Å². The first-order valence-electron chi connectivity index (χ1n) is 15.3. The number of nitrogens with one attached hydrogen (secondary N) is 1. The molecule has 0 heterocycles. The molecule has 0 aliphatic heterocycles. The van der Waals surface area contributed by atoms with Crippen LogP contribution in [0.2, 0.25) is 0 Å². The van der Waals surface area contributed by atoms with Gasteiger partial charge in [0.05, 0.1) is 5.57 Å². The highest BCUT2D eigenvalue weighted by atomic mass is 16.4. The van der Waals surface area contributed by atoms with E-state index in [1.165, 1.54) is 0 Å². The number of amidine groups is 1. The van der Waals surface area contributed by atoms with Crippen LogP contribution in [0.3, 0.4) is 0 Å². The van der Waals surface area contributed by atoms with Gasteiger partial charge in [-0.3, -0.25) is 14.4 Å². The highest BCUT2D eigenvalue weighted by Crippen LogP contribution is 2.65. The van der Waals surface area contributed by atoms with Crippen LogP contribution in [0, 0.1) is 50.2 Å². The summed E-state index contributed by atoms with van der Waals surface area (Å²) in [5, 5.41) is 25.0. The molecule has 7 heteroatoms. The Morgan fingerprint density at radius 3 is 2.27 bits per heavy atom. The van der Waals surface area contributed by atoms with Crippen LogP contribution in [-0.4, -0.2) is 28.5 Å². The number of rotatable bonds is 1. The molecule has 0 aromatic rings. The molecule has 0 spiro atoms. The van der Waals surface area contributed by atoms with Crippen molar-refractivity contribution in [1.29, 1.82) is 5.26 Å². The van der Waals surface area contributed by atoms with Gasteiger partial charge in [-0.25, -0.2) is 0 Å². The fourth-order valence-corrected chi connectivity index (χ4v) is 7.80. The predicted octanol–water partition coefficient (Wildman–Crippen LogP) is 7.30. The summed E-state index contributed by atoms with van der Waals surface area (Å²) in [5.74, 6) is -0.227. The first-order valence-corrected chi connectivity index (χ1v) is 15.3. The number of carbonyl (C=O) groups is 3. The van der Waals surface area contributed by atoms with Crippen molar-refractivity contribution in [2.24, 2.45) is 44.1 Å². The number of ketones is 2. The van der Waals surface area contributed by atoms with Gasteiger partial charge in [0.25, 0.3) is 0 Å². The van der Waals surface area contributed by atoms with Crippen molar-refractivity contribution in [2.45, 2.75) is 120 Å². The number of hydrogen-bond acceptors (Lipinski definition) is 6. The van der Waals surface area contributed by atoms with Gasteiger partial charge in [0.2, 0.25) is 5.91 Å². The molecule has 3 aliphatic carbocycles. The lowest BCUT2D eigenvalue weighted by molar-refractivity contribution is -0.130. The molecule has 1 saturated carbocycles. The number of nitriles is 1. The highest BCUT2D eigenvalue weighted by Gasteiger charge is 2.58. The fraction of sp³-hybridized carbons (Fsp3) is 0.735. The number of allylic oxidation sites excluding steroid dienone is 4. The summed E-state index contributed by atoms with van der Waals surface area (Å²) in [5.41, 5.74) is -0.805. The van der Waals surface area contributed by atoms with Gasteiger partial charge in [0, 0.05) is 23.2 Å². The molecule has 0 aromatic heterocycles. The molecule has 1 fully saturated rings. The fourth-order valence-electron chi connectivity index (χ4n) is 7.80. The van der Waals surface area contributed by atoms with E-state index in [1.54, 1.807) is 6.92 Å². The molecule has 3 aliphatic rings. The second-order valence-electron chi connectivity index (χ2n) is 15.2. The van der Waals surface area contributed by atoms with E-state index in [1.807, 2.05) is 26.0 Å². The van der Waals surface area contributed by atoms with E-state index in [4.69, 9.17) is 0 Å². The SMILES string of the molecule is C/C(=N\O)NC(=O)[C@@]1(C)CCC(C)(C)CCCC(=O)/C=C2/[C@@]3(C)C=C(C#N)C(=O)[C@@H](C)[C@@H]3CC[C@@]2(C)C(C)(C)CC1. The van der Waals surface area contributed by atoms with Crippen LogP contribution in [0.15, 0.2) is 28.5 Å². The number of oxime groups is 1. The maximum Gasteiger partial charge on any atom is 0.231 e. The Kier molecular flexibility index (Phi) is 9.19. The van der Waals surface area contributed by atoms with Crippen molar-refractivity contribution in [2.75, 3.05) is 0 Å². The summed E-state index contributed by atoms with van der Waals surface area (Å²) < 4.78 is 0. The van der Waals surface area contributed by atoms with Crippen molar-refractivity contribution in [3.8, 4) is 6.07 Å². The summed E-state index contributed by atoms with van der Waals surface area (Å²) in [7, 11) is 0. The Morgan fingerprint density at radius 1 is 1.02 bits per heavy atom. The molecule has 0 unspecified atom stereocenters. The third kappa shape index (κ3) is 6.22. The Morgan fingerprint density at radius 2 is 1.66 bits per heavy atom. The lowest BCUT2D eigenvalue weighted by atomic mass is 9.44. The monoisotopic (exact) mass is 565 g/mol. The minimum Gasteiger partial charge on any atom is -0.409 e. The van der Waals surface area contributed by atoms with Gasteiger partial charge in [0.1, 0.15) is 11.9 Å². The zero-order valence-corrected chi connectivity index (χ0v) is 26.7. The van der Waals surface area contributed by atoms with Gasteiger partial charge in [-0.2, -0.15) is 5.26 Å². The zero-order chi connectivity index (χ0) is 31.0. The quantitative estimate of drug-likeness (QED) is 0.150. The van der Waals surface area contributed by atoms with Crippen LogP contribution in [0.1, 0.15) is 120 Å². The Bertz CT molecular complexity index is 1220. The largest absolute Gasteiger partial charge is 0.409 e. The molecular weight excluding hydrogens is 514 g/mol.